The van der Waals surface area contributed by atoms with Crippen molar-refractivity contribution < 1.29 is 9.52 Å². The molecule has 0 fully saturated rings. The average Bonchev–Trinajstić information content (AvgIpc) is 2.45. The number of benzene rings is 1. The monoisotopic (exact) mass is 169 g/mol. The van der Waals surface area contributed by atoms with Crippen LogP contribution in [0.2, 0.25) is 5.02 Å². The van der Waals surface area contributed by atoms with E-state index in [2.05, 4.69) is 4.98 Å². The van der Waals surface area contributed by atoms with Crippen molar-refractivity contribution in [3.63, 3.8) is 0 Å². The second-order valence-corrected chi connectivity index (χ2v) is 2.48. The summed E-state index contributed by atoms with van der Waals surface area (Å²) < 4.78 is 4.95. The van der Waals surface area contributed by atoms with Gasteiger partial charge in [0.1, 0.15) is 16.3 Å². The number of phenols is 1. The van der Waals surface area contributed by atoms with E-state index in [-0.39, 0.29) is 10.8 Å². The van der Waals surface area contributed by atoms with E-state index in [0.717, 1.165) is 0 Å². The summed E-state index contributed by atoms with van der Waals surface area (Å²) in [5.41, 5.74) is 1.07. The number of halogens is 1. The molecule has 0 saturated carbocycles. The summed E-state index contributed by atoms with van der Waals surface area (Å²) in [6.07, 6.45) is 1.29. The molecule has 0 unspecified atom stereocenters. The quantitative estimate of drug-likeness (QED) is 0.658. The molecule has 0 saturated heterocycles. The van der Waals surface area contributed by atoms with Gasteiger partial charge < -0.3 is 9.52 Å². The molecule has 0 radical (unpaired) electrons. The highest BCUT2D eigenvalue weighted by Gasteiger charge is 2.06. The molecule has 1 aromatic heterocycles. The van der Waals surface area contributed by atoms with Gasteiger partial charge in [-0.05, 0) is 12.1 Å². The topological polar surface area (TPSA) is 46.3 Å². The highest BCUT2D eigenvalue weighted by molar-refractivity contribution is 6.36. The fourth-order valence-corrected chi connectivity index (χ4v) is 1.09. The first kappa shape index (κ1) is 6.49. The summed E-state index contributed by atoms with van der Waals surface area (Å²) in [5.74, 6) is 0.0214. The van der Waals surface area contributed by atoms with Gasteiger partial charge in [0.05, 0.1) is 0 Å². The van der Waals surface area contributed by atoms with Crippen LogP contribution < -0.4 is 0 Å². The standard InChI is InChI=1S/C7H4ClNO2/c8-6-4(10)1-2-5-7(6)9-3-11-5/h1-3,10H. The van der Waals surface area contributed by atoms with Crippen molar-refractivity contribution in [3.8, 4) is 5.75 Å². The Balaban J connectivity index is 2.93. The summed E-state index contributed by atoms with van der Waals surface area (Å²) in [7, 11) is 0. The fraction of sp³-hybridized carbons (Fsp3) is 0. The predicted molar refractivity (Wildman–Crippen MR) is 40.7 cm³/mol. The summed E-state index contributed by atoms with van der Waals surface area (Å²) >= 11 is 5.69. The van der Waals surface area contributed by atoms with E-state index >= 15 is 0 Å². The largest absolute Gasteiger partial charge is 0.506 e. The zero-order valence-corrected chi connectivity index (χ0v) is 6.17. The maximum Gasteiger partial charge on any atom is 0.182 e. The van der Waals surface area contributed by atoms with Gasteiger partial charge in [-0.3, -0.25) is 0 Å². The lowest BCUT2D eigenvalue weighted by atomic mass is 10.3. The van der Waals surface area contributed by atoms with Crippen molar-refractivity contribution >= 4 is 22.7 Å². The molecular weight excluding hydrogens is 166 g/mol. The van der Waals surface area contributed by atoms with E-state index in [1.807, 2.05) is 0 Å². The molecule has 2 rings (SSSR count). The molecule has 1 aromatic carbocycles. The van der Waals surface area contributed by atoms with Crippen LogP contribution in [-0.2, 0) is 0 Å². The third-order valence-electron chi connectivity index (χ3n) is 1.42. The SMILES string of the molecule is Oc1ccc2ocnc2c1Cl. The van der Waals surface area contributed by atoms with Gasteiger partial charge in [-0.1, -0.05) is 11.6 Å². The molecule has 1 N–H and O–H groups in total. The summed E-state index contributed by atoms with van der Waals surface area (Å²) in [4.78, 5) is 3.82. The van der Waals surface area contributed by atoms with E-state index in [1.165, 1.54) is 12.5 Å². The minimum absolute atomic E-state index is 0.0214. The molecule has 11 heavy (non-hydrogen) atoms. The number of hydrogen-bond acceptors (Lipinski definition) is 3. The fourth-order valence-electron chi connectivity index (χ4n) is 0.887. The molecule has 0 aliphatic heterocycles. The molecule has 56 valence electrons. The van der Waals surface area contributed by atoms with Crippen LogP contribution in [-0.4, -0.2) is 10.1 Å². The minimum Gasteiger partial charge on any atom is -0.506 e. The molecule has 4 heteroatoms. The molecule has 0 aliphatic carbocycles. The van der Waals surface area contributed by atoms with Crippen LogP contribution in [0.3, 0.4) is 0 Å². The number of rotatable bonds is 0. The molecule has 0 atom stereocenters. The molecule has 2 aromatic rings. The van der Waals surface area contributed by atoms with E-state index in [0.29, 0.717) is 11.1 Å². The van der Waals surface area contributed by atoms with Crippen molar-refractivity contribution in [2.45, 2.75) is 0 Å². The molecule has 0 bridgehead atoms. The van der Waals surface area contributed by atoms with Gasteiger partial charge in [0.25, 0.3) is 0 Å². The highest BCUT2D eigenvalue weighted by Crippen LogP contribution is 2.30. The summed E-state index contributed by atoms with van der Waals surface area (Å²) in [6, 6.07) is 3.08. The van der Waals surface area contributed by atoms with Gasteiger partial charge in [0.15, 0.2) is 12.0 Å². The lowest BCUT2D eigenvalue weighted by molar-refractivity contribution is 0.476. The first-order chi connectivity index (χ1) is 5.29. The Hall–Kier alpha value is -1.22. The molecule has 0 spiro atoms. The van der Waals surface area contributed by atoms with Crippen LogP contribution in [0.5, 0.6) is 5.75 Å². The Bertz CT molecular complexity index is 396. The molecular formula is C7H4ClNO2. The third-order valence-corrected chi connectivity index (χ3v) is 1.79. The Kier molecular flexibility index (Phi) is 1.26. The Morgan fingerprint density at radius 1 is 1.45 bits per heavy atom. The van der Waals surface area contributed by atoms with Gasteiger partial charge in [-0.15, -0.1) is 0 Å². The van der Waals surface area contributed by atoms with E-state index < -0.39 is 0 Å². The van der Waals surface area contributed by atoms with E-state index in [9.17, 15) is 0 Å². The number of phenolic OH excluding ortho intramolecular Hbond substituents is 1. The Morgan fingerprint density at radius 2 is 2.27 bits per heavy atom. The summed E-state index contributed by atoms with van der Waals surface area (Å²) in [6.45, 7) is 0. The Morgan fingerprint density at radius 3 is 3.09 bits per heavy atom. The van der Waals surface area contributed by atoms with Gasteiger partial charge >= 0.3 is 0 Å². The number of aromatic hydroxyl groups is 1. The number of fused-ring (bicyclic) bond motifs is 1. The van der Waals surface area contributed by atoms with Gasteiger partial charge in [0.2, 0.25) is 0 Å². The van der Waals surface area contributed by atoms with E-state index in [1.54, 1.807) is 6.07 Å². The summed E-state index contributed by atoms with van der Waals surface area (Å²) in [5, 5.41) is 9.35. The van der Waals surface area contributed by atoms with Crippen LogP contribution in [0.15, 0.2) is 22.9 Å². The normalized spacial score (nSPS) is 10.6. The zero-order valence-electron chi connectivity index (χ0n) is 5.41. The van der Waals surface area contributed by atoms with Crippen LogP contribution in [0.25, 0.3) is 11.1 Å². The number of nitrogens with zero attached hydrogens (tertiary/aromatic N) is 1. The van der Waals surface area contributed by atoms with Crippen LogP contribution in [0.4, 0.5) is 0 Å². The van der Waals surface area contributed by atoms with Crippen molar-refractivity contribution in [2.75, 3.05) is 0 Å². The van der Waals surface area contributed by atoms with Crippen LogP contribution in [0.1, 0.15) is 0 Å². The predicted octanol–water partition coefficient (Wildman–Crippen LogP) is 2.19. The van der Waals surface area contributed by atoms with Crippen molar-refractivity contribution in [3.05, 3.63) is 23.5 Å². The van der Waals surface area contributed by atoms with Gasteiger partial charge in [-0.2, -0.15) is 0 Å². The first-order valence-corrected chi connectivity index (χ1v) is 3.37. The zero-order chi connectivity index (χ0) is 7.84. The van der Waals surface area contributed by atoms with E-state index in [4.69, 9.17) is 21.1 Å². The lowest BCUT2D eigenvalue weighted by Crippen LogP contribution is -1.71. The maximum absolute atomic E-state index is 9.12. The van der Waals surface area contributed by atoms with Gasteiger partial charge in [-0.25, -0.2) is 4.98 Å². The van der Waals surface area contributed by atoms with Crippen molar-refractivity contribution in [2.24, 2.45) is 0 Å². The Labute approximate surface area is 67.2 Å². The molecule has 1 heterocycles. The number of oxazole rings is 1. The van der Waals surface area contributed by atoms with Crippen LogP contribution >= 0.6 is 11.6 Å². The molecule has 3 nitrogen and oxygen atoms in total. The average molecular weight is 170 g/mol. The minimum atomic E-state index is 0.0214. The molecule has 0 aliphatic rings. The van der Waals surface area contributed by atoms with Crippen molar-refractivity contribution in [1.82, 2.24) is 4.98 Å². The highest BCUT2D eigenvalue weighted by atomic mass is 35.5. The van der Waals surface area contributed by atoms with Crippen LogP contribution in [0, 0.1) is 0 Å². The second-order valence-electron chi connectivity index (χ2n) is 2.10. The molecule has 0 amide bonds. The second kappa shape index (κ2) is 2.13. The number of hydrogen-bond donors (Lipinski definition) is 1. The first-order valence-electron chi connectivity index (χ1n) is 2.99. The third kappa shape index (κ3) is 0.851. The maximum atomic E-state index is 9.12. The number of aromatic nitrogens is 1. The van der Waals surface area contributed by atoms with Crippen molar-refractivity contribution in [1.29, 1.82) is 0 Å². The van der Waals surface area contributed by atoms with Gasteiger partial charge in [0, 0.05) is 0 Å². The lowest BCUT2D eigenvalue weighted by Gasteiger charge is -1.93. The smallest absolute Gasteiger partial charge is 0.182 e.